The lowest BCUT2D eigenvalue weighted by atomic mass is 10.0. The van der Waals surface area contributed by atoms with E-state index < -0.39 is 5.54 Å². The van der Waals surface area contributed by atoms with Gasteiger partial charge in [-0.25, -0.2) is 0 Å². The molecule has 1 N–H and O–H groups in total. The number of nitrogens with one attached hydrogen (secondary N) is 1. The summed E-state index contributed by atoms with van der Waals surface area (Å²) in [6.45, 7) is 4.05. The highest BCUT2D eigenvalue weighted by atomic mass is 35.5. The summed E-state index contributed by atoms with van der Waals surface area (Å²) in [5, 5.41) is 3.76. The van der Waals surface area contributed by atoms with Crippen molar-refractivity contribution in [2.45, 2.75) is 32.4 Å². The largest absolute Gasteiger partial charge is 0.342 e. The minimum atomic E-state index is -0.915. The molecule has 2 rings (SSSR count). The molecule has 108 valence electrons. The van der Waals surface area contributed by atoms with Crippen LogP contribution in [0.1, 0.15) is 25.8 Å². The lowest BCUT2D eigenvalue weighted by Gasteiger charge is -2.29. The van der Waals surface area contributed by atoms with Crippen LogP contribution in [0.15, 0.2) is 18.2 Å². The van der Waals surface area contributed by atoms with Gasteiger partial charge in [0.2, 0.25) is 11.8 Å². The first-order valence-electron chi connectivity index (χ1n) is 6.34. The minimum Gasteiger partial charge on any atom is -0.342 e. The first-order chi connectivity index (χ1) is 9.31. The molecule has 0 unspecified atom stereocenters. The summed E-state index contributed by atoms with van der Waals surface area (Å²) in [7, 11) is 0. The van der Waals surface area contributed by atoms with Gasteiger partial charge in [-0.15, -0.1) is 0 Å². The van der Waals surface area contributed by atoms with Crippen molar-refractivity contribution in [2.24, 2.45) is 0 Å². The number of benzene rings is 1. The zero-order chi connectivity index (χ0) is 14.9. The van der Waals surface area contributed by atoms with Crippen LogP contribution in [-0.4, -0.2) is 28.8 Å². The minimum absolute atomic E-state index is 0.129. The van der Waals surface area contributed by atoms with Gasteiger partial charge in [0.25, 0.3) is 0 Å². The van der Waals surface area contributed by atoms with Crippen molar-refractivity contribution in [1.82, 2.24) is 10.2 Å². The fourth-order valence-corrected chi connectivity index (χ4v) is 2.74. The van der Waals surface area contributed by atoms with E-state index >= 15 is 0 Å². The number of carbonyl (C=O) groups excluding carboxylic acids is 2. The zero-order valence-corrected chi connectivity index (χ0v) is 12.9. The van der Waals surface area contributed by atoms with Crippen molar-refractivity contribution in [3.63, 3.8) is 0 Å². The lowest BCUT2D eigenvalue weighted by Crippen LogP contribution is -2.52. The molecule has 0 aliphatic carbocycles. The van der Waals surface area contributed by atoms with E-state index in [-0.39, 0.29) is 18.2 Å². The summed E-state index contributed by atoms with van der Waals surface area (Å²) in [4.78, 5) is 25.7. The molecule has 1 saturated heterocycles. The maximum absolute atomic E-state index is 12.5. The average molecular weight is 315 g/mol. The first-order valence-corrected chi connectivity index (χ1v) is 7.10. The molecule has 1 aliphatic heterocycles. The molecule has 1 aliphatic rings. The van der Waals surface area contributed by atoms with Gasteiger partial charge >= 0.3 is 0 Å². The number of hydrogen-bond donors (Lipinski definition) is 1. The predicted molar refractivity (Wildman–Crippen MR) is 78.7 cm³/mol. The number of hydrogen-bond acceptors (Lipinski definition) is 2. The Labute approximate surface area is 128 Å². The molecular weight excluding hydrogens is 299 g/mol. The second-order valence-corrected chi connectivity index (χ2v) is 6.16. The van der Waals surface area contributed by atoms with Crippen LogP contribution in [0.2, 0.25) is 10.0 Å². The molecule has 0 spiro atoms. The van der Waals surface area contributed by atoms with Gasteiger partial charge < -0.3 is 10.2 Å². The third-order valence-electron chi connectivity index (χ3n) is 3.29. The summed E-state index contributed by atoms with van der Waals surface area (Å²) in [6.07, 6.45) is 0.275. The average Bonchev–Trinajstić information content (AvgIpc) is 2.44. The molecule has 0 radical (unpaired) electrons. The molecule has 20 heavy (non-hydrogen) atoms. The van der Waals surface area contributed by atoms with E-state index in [1.165, 1.54) is 0 Å². The molecule has 0 bridgehead atoms. The van der Waals surface area contributed by atoms with E-state index in [2.05, 4.69) is 5.32 Å². The lowest BCUT2D eigenvalue weighted by molar-refractivity contribution is -0.137. The SMILES string of the molecule is CC1(C)NC(=O)CCN(Cc2c(Cl)cccc2Cl)C1=O. The Morgan fingerprint density at radius 1 is 1.25 bits per heavy atom. The maximum Gasteiger partial charge on any atom is 0.248 e. The molecule has 0 saturated carbocycles. The highest BCUT2D eigenvalue weighted by Gasteiger charge is 2.36. The smallest absolute Gasteiger partial charge is 0.248 e. The van der Waals surface area contributed by atoms with Crippen molar-refractivity contribution in [2.75, 3.05) is 6.54 Å². The Morgan fingerprint density at radius 2 is 1.85 bits per heavy atom. The molecule has 1 aromatic rings. The molecule has 2 amide bonds. The predicted octanol–water partition coefficient (Wildman–Crippen LogP) is 2.62. The number of rotatable bonds is 2. The Hall–Kier alpha value is -1.26. The molecule has 4 nitrogen and oxygen atoms in total. The van der Waals surface area contributed by atoms with Crippen LogP contribution < -0.4 is 5.32 Å². The summed E-state index contributed by atoms with van der Waals surface area (Å²) >= 11 is 12.3. The van der Waals surface area contributed by atoms with Gasteiger partial charge in [-0.1, -0.05) is 29.3 Å². The van der Waals surface area contributed by atoms with Crippen LogP contribution in [0.25, 0.3) is 0 Å². The van der Waals surface area contributed by atoms with E-state index in [9.17, 15) is 9.59 Å². The van der Waals surface area contributed by atoms with Gasteiger partial charge in [-0.05, 0) is 26.0 Å². The number of amides is 2. The van der Waals surface area contributed by atoms with Crippen molar-refractivity contribution in [3.05, 3.63) is 33.8 Å². The number of halogens is 2. The van der Waals surface area contributed by atoms with Gasteiger partial charge in [0, 0.05) is 35.1 Å². The van der Waals surface area contributed by atoms with Crippen LogP contribution in [0.4, 0.5) is 0 Å². The van der Waals surface area contributed by atoms with Gasteiger partial charge in [0.05, 0.1) is 0 Å². The number of carbonyl (C=O) groups is 2. The van der Waals surface area contributed by atoms with Crippen LogP contribution >= 0.6 is 23.2 Å². The molecular formula is C14H16Cl2N2O2. The quantitative estimate of drug-likeness (QED) is 0.912. The van der Waals surface area contributed by atoms with Crippen molar-refractivity contribution >= 4 is 35.0 Å². The van der Waals surface area contributed by atoms with Crippen LogP contribution in [-0.2, 0) is 16.1 Å². The Balaban J connectivity index is 2.28. The van der Waals surface area contributed by atoms with Crippen molar-refractivity contribution in [1.29, 1.82) is 0 Å². The highest BCUT2D eigenvalue weighted by Crippen LogP contribution is 2.27. The second-order valence-electron chi connectivity index (χ2n) is 5.35. The maximum atomic E-state index is 12.5. The topological polar surface area (TPSA) is 49.4 Å². The summed E-state index contributed by atoms with van der Waals surface area (Å²) in [5.74, 6) is -0.268. The normalized spacial score (nSPS) is 18.7. The standard InChI is InChI=1S/C14H16Cl2N2O2/c1-14(2)13(20)18(7-6-12(19)17-14)8-9-10(15)4-3-5-11(9)16/h3-5H,6-8H2,1-2H3,(H,17,19). The van der Waals surface area contributed by atoms with Gasteiger partial charge in [0.15, 0.2) is 0 Å². The van der Waals surface area contributed by atoms with Crippen LogP contribution in [0, 0.1) is 0 Å². The van der Waals surface area contributed by atoms with Gasteiger partial charge in [0.1, 0.15) is 5.54 Å². The fourth-order valence-electron chi connectivity index (χ4n) is 2.22. The Morgan fingerprint density at radius 3 is 2.45 bits per heavy atom. The van der Waals surface area contributed by atoms with E-state index in [1.807, 2.05) is 0 Å². The third kappa shape index (κ3) is 3.07. The highest BCUT2D eigenvalue weighted by molar-refractivity contribution is 6.36. The van der Waals surface area contributed by atoms with E-state index in [1.54, 1.807) is 36.9 Å². The summed E-state index contributed by atoms with van der Waals surface area (Å²) < 4.78 is 0. The van der Waals surface area contributed by atoms with Gasteiger partial charge in [-0.2, -0.15) is 0 Å². The molecule has 6 heteroatoms. The monoisotopic (exact) mass is 314 g/mol. The molecule has 0 aromatic heterocycles. The fraction of sp³-hybridized carbons (Fsp3) is 0.429. The molecule has 1 fully saturated rings. The van der Waals surface area contributed by atoms with E-state index in [4.69, 9.17) is 23.2 Å². The van der Waals surface area contributed by atoms with E-state index in [0.717, 1.165) is 0 Å². The summed E-state index contributed by atoms with van der Waals surface area (Å²) in [5.41, 5.74) is -0.212. The van der Waals surface area contributed by atoms with Crippen LogP contribution in [0.3, 0.4) is 0 Å². The Kier molecular flexibility index (Phi) is 4.25. The first kappa shape index (κ1) is 15.1. The zero-order valence-electron chi connectivity index (χ0n) is 11.4. The van der Waals surface area contributed by atoms with Crippen LogP contribution in [0.5, 0.6) is 0 Å². The third-order valence-corrected chi connectivity index (χ3v) is 4.00. The van der Waals surface area contributed by atoms with E-state index in [0.29, 0.717) is 28.7 Å². The van der Waals surface area contributed by atoms with Crippen molar-refractivity contribution in [3.8, 4) is 0 Å². The molecule has 1 heterocycles. The molecule has 1 aromatic carbocycles. The van der Waals surface area contributed by atoms with Gasteiger partial charge in [-0.3, -0.25) is 9.59 Å². The number of nitrogens with zero attached hydrogens (tertiary/aromatic N) is 1. The summed E-state index contributed by atoms with van der Waals surface area (Å²) in [6, 6.07) is 5.23. The van der Waals surface area contributed by atoms with Crippen molar-refractivity contribution < 1.29 is 9.59 Å². The molecule has 0 atom stereocenters. The Bertz CT molecular complexity index is 538. The second kappa shape index (κ2) is 5.62.